The smallest absolute Gasteiger partial charge is 0.309 e. The Morgan fingerprint density at radius 3 is 2.83 bits per heavy atom. The van der Waals surface area contributed by atoms with Crippen LogP contribution in [0, 0.1) is 5.41 Å². The maximum Gasteiger partial charge on any atom is 0.309 e. The number of aryl methyl sites for hydroxylation is 1. The number of rotatable bonds is 5. The molecular weight excluding hydrogens is 228 g/mol. The van der Waals surface area contributed by atoms with Gasteiger partial charge in [0.2, 0.25) is 0 Å². The highest BCUT2D eigenvalue weighted by atomic mass is 16.4. The fraction of sp³-hybridized carbons (Fsp3) is 0.429. The number of hydrogen-bond acceptors (Lipinski definition) is 2. The van der Waals surface area contributed by atoms with Crippen LogP contribution in [0.1, 0.15) is 26.7 Å². The fourth-order valence-corrected chi connectivity index (χ4v) is 1.99. The molecule has 96 valence electrons. The Morgan fingerprint density at radius 2 is 2.11 bits per heavy atom. The van der Waals surface area contributed by atoms with Gasteiger partial charge in [0.25, 0.3) is 0 Å². The second-order valence-corrected chi connectivity index (χ2v) is 5.22. The fourth-order valence-electron chi connectivity index (χ4n) is 1.99. The summed E-state index contributed by atoms with van der Waals surface area (Å²) >= 11 is 0. The molecule has 4 nitrogen and oxygen atoms in total. The molecule has 1 heterocycles. The molecular formula is C14H18N2O2. The van der Waals surface area contributed by atoms with Gasteiger partial charge in [-0.15, -0.1) is 0 Å². The molecule has 1 aromatic heterocycles. The third-order valence-corrected chi connectivity index (χ3v) is 3.31. The maximum atomic E-state index is 11.0. The van der Waals surface area contributed by atoms with Crippen molar-refractivity contribution < 1.29 is 9.90 Å². The second kappa shape index (κ2) is 4.80. The zero-order valence-corrected chi connectivity index (χ0v) is 10.8. The summed E-state index contributed by atoms with van der Waals surface area (Å²) in [6.07, 6.45) is 3.31. The largest absolute Gasteiger partial charge is 0.481 e. The number of carboxylic acid groups (broad SMARTS) is 1. The molecule has 0 aliphatic carbocycles. The van der Waals surface area contributed by atoms with E-state index in [0.29, 0.717) is 6.42 Å². The molecule has 0 aliphatic rings. The summed E-state index contributed by atoms with van der Waals surface area (Å²) < 4.78 is 2.08. The third kappa shape index (κ3) is 2.53. The molecule has 0 radical (unpaired) electrons. The number of carboxylic acids is 1. The van der Waals surface area contributed by atoms with Crippen molar-refractivity contribution in [2.45, 2.75) is 33.2 Å². The van der Waals surface area contributed by atoms with E-state index in [-0.39, 0.29) is 0 Å². The lowest BCUT2D eigenvalue weighted by Crippen LogP contribution is -2.23. The van der Waals surface area contributed by atoms with Crippen LogP contribution in [0.25, 0.3) is 11.0 Å². The summed E-state index contributed by atoms with van der Waals surface area (Å²) in [5, 5.41) is 9.05. The highest BCUT2D eigenvalue weighted by Crippen LogP contribution is 2.23. The molecule has 0 saturated heterocycles. The van der Waals surface area contributed by atoms with Crippen molar-refractivity contribution in [1.29, 1.82) is 0 Å². The number of aliphatic carboxylic acids is 1. The summed E-state index contributed by atoms with van der Waals surface area (Å²) in [5.74, 6) is -0.738. The van der Waals surface area contributed by atoms with Gasteiger partial charge < -0.3 is 9.67 Å². The van der Waals surface area contributed by atoms with E-state index < -0.39 is 11.4 Å². The van der Waals surface area contributed by atoms with E-state index in [4.69, 9.17) is 5.11 Å². The lowest BCUT2D eigenvalue weighted by Gasteiger charge is -2.18. The van der Waals surface area contributed by atoms with Gasteiger partial charge in [-0.25, -0.2) is 4.98 Å². The van der Waals surface area contributed by atoms with Crippen molar-refractivity contribution in [2.24, 2.45) is 5.41 Å². The molecule has 0 aliphatic heterocycles. The summed E-state index contributed by atoms with van der Waals surface area (Å²) in [7, 11) is 0. The predicted molar refractivity (Wildman–Crippen MR) is 70.4 cm³/mol. The summed E-state index contributed by atoms with van der Waals surface area (Å²) in [4.78, 5) is 15.3. The Labute approximate surface area is 106 Å². The highest BCUT2D eigenvalue weighted by molar-refractivity contribution is 5.75. The molecule has 0 bridgehead atoms. The van der Waals surface area contributed by atoms with E-state index in [1.807, 2.05) is 30.6 Å². The van der Waals surface area contributed by atoms with Gasteiger partial charge in [-0.2, -0.15) is 0 Å². The Bertz CT molecular complexity index is 558. The summed E-state index contributed by atoms with van der Waals surface area (Å²) in [5.41, 5.74) is 1.43. The van der Waals surface area contributed by atoms with Crippen molar-refractivity contribution >= 4 is 17.0 Å². The molecule has 0 atom stereocenters. The number of aromatic nitrogens is 2. The third-order valence-electron chi connectivity index (χ3n) is 3.31. The van der Waals surface area contributed by atoms with Crippen LogP contribution in [-0.2, 0) is 11.3 Å². The van der Waals surface area contributed by atoms with Gasteiger partial charge >= 0.3 is 5.97 Å². The lowest BCUT2D eigenvalue weighted by atomic mass is 9.88. The van der Waals surface area contributed by atoms with Crippen LogP contribution < -0.4 is 0 Å². The van der Waals surface area contributed by atoms with Crippen LogP contribution in [0.15, 0.2) is 30.6 Å². The number of fused-ring (bicyclic) bond motifs is 1. The molecule has 1 N–H and O–H groups in total. The number of imidazole rings is 1. The zero-order valence-electron chi connectivity index (χ0n) is 10.8. The van der Waals surface area contributed by atoms with E-state index >= 15 is 0 Å². The molecule has 0 unspecified atom stereocenters. The second-order valence-electron chi connectivity index (χ2n) is 5.22. The molecule has 18 heavy (non-hydrogen) atoms. The van der Waals surface area contributed by atoms with E-state index in [1.165, 1.54) is 0 Å². The van der Waals surface area contributed by atoms with Crippen molar-refractivity contribution in [3.63, 3.8) is 0 Å². The van der Waals surface area contributed by atoms with Crippen molar-refractivity contribution in [1.82, 2.24) is 9.55 Å². The van der Waals surface area contributed by atoms with E-state index in [1.54, 1.807) is 13.8 Å². The number of carbonyl (C=O) groups is 1. The monoisotopic (exact) mass is 246 g/mol. The minimum Gasteiger partial charge on any atom is -0.481 e. The Balaban J connectivity index is 2.01. The number of hydrogen-bond donors (Lipinski definition) is 1. The van der Waals surface area contributed by atoms with Gasteiger partial charge in [-0.3, -0.25) is 4.79 Å². The predicted octanol–water partition coefficient (Wildman–Crippen LogP) is 2.93. The molecule has 2 rings (SSSR count). The maximum absolute atomic E-state index is 11.0. The Kier molecular flexibility index (Phi) is 3.36. The molecule has 1 aromatic carbocycles. The number of para-hydroxylation sites is 2. The van der Waals surface area contributed by atoms with Gasteiger partial charge in [0.05, 0.1) is 22.8 Å². The molecule has 0 spiro atoms. The van der Waals surface area contributed by atoms with Crippen molar-refractivity contribution in [2.75, 3.05) is 0 Å². The van der Waals surface area contributed by atoms with Gasteiger partial charge in [0.1, 0.15) is 0 Å². The van der Waals surface area contributed by atoms with Crippen molar-refractivity contribution in [3.05, 3.63) is 30.6 Å². The van der Waals surface area contributed by atoms with E-state index in [0.717, 1.165) is 24.0 Å². The highest BCUT2D eigenvalue weighted by Gasteiger charge is 2.26. The van der Waals surface area contributed by atoms with Crippen LogP contribution in [0.2, 0.25) is 0 Å². The average molecular weight is 246 g/mol. The van der Waals surface area contributed by atoms with Gasteiger partial charge in [-0.05, 0) is 38.8 Å². The van der Waals surface area contributed by atoms with Crippen LogP contribution in [0.4, 0.5) is 0 Å². The normalized spacial score (nSPS) is 11.9. The Hall–Kier alpha value is -1.84. The van der Waals surface area contributed by atoms with Gasteiger partial charge in [-0.1, -0.05) is 12.1 Å². The first-order valence-corrected chi connectivity index (χ1v) is 6.14. The SMILES string of the molecule is CC(C)(CCCn1cnc2ccccc21)C(=O)O. The Morgan fingerprint density at radius 1 is 1.39 bits per heavy atom. The van der Waals surface area contributed by atoms with Crippen LogP contribution in [0.5, 0.6) is 0 Å². The van der Waals surface area contributed by atoms with Gasteiger partial charge in [0.15, 0.2) is 0 Å². The molecule has 4 heteroatoms. The summed E-state index contributed by atoms with van der Waals surface area (Å²) in [6.45, 7) is 4.33. The van der Waals surface area contributed by atoms with Gasteiger partial charge in [0, 0.05) is 6.54 Å². The first-order chi connectivity index (χ1) is 8.50. The summed E-state index contributed by atoms with van der Waals surface area (Å²) in [6, 6.07) is 7.96. The average Bonchev–Trinajstić information content (AvgIpc) is 2.72. The van der Waals surface area contributed by atoms with Crippen LogP contribution in [0.3, 0.4) is 0 Å². The first kappa shape index (κ1) is 12.6. The van der Waals surface area contributed by atoms with E-state index in [9.17, 15) is 4.79 Å². The van der Waals surface area contributed by atoms with E-state index in [2.05, 4.69) is 9.55 Å². The molecule has 0 amide bonds. The molecule has 0 saturated carbocycles. The molecule has 0 fully saturated rings. The minimum absolute atomic E-state index is 0.656. The first-order valence-electron chi connectivity index (χ1n) is 6.14. The topological polar surface area (TPSA) is 55.1 Å². The number of nitrogens with zero attached hydrogens (tertiary/aromatic N) is 2. The standard InChI is InChI=1S/C14H18N2O2/c1-14(2,13(17)18)8-5-9-16-10-15-11-6-3-4-7-12(11)16/h3-4,6-7,10H,5,8-9H2,1-2H3,(H,17,18). The molecule has 2 aromatic rings. The van der Waals surface area contributed by atoms with Crippen LogP contribution >= 0.6 is 0 Å². The number of benzene rings is 1. The lowest BCUT2D eigenvalue weighted by molar-refractivity contribution is -0.147. The van der Waals surface area contributed by atoms with Crippen molar-refractivity contribution in [3.8, 4) is 0 Å². The van der Waals surface area contributed by atoms with Crippen LogP contribution in [-0.4, -0.2) is 20.6 Å². The zero-order chi connectivity index (χ0) is 13.2. The quantitative estimate of drug-likeness (QED) is 0.882. The minimum atomic E-state index is -0.738.